The third-order valence-electron chi connectivity index (χ3n) is 11.3. The van der Waals surface area contributed by atoms with E-state index in [9.17, 15) is 0 Å². The molecule has 0 saturated carbocycles. The monoisotopic (exact) mass is 710 g/mol. The Bertz CT molecular complexity index is 3080. The molecule has 0 amide bonds. The summed E-state index contributed by atoms with van der Waals surface area (Å²) in [6, 6.07) is 61.4. The van der Waals surface area contributed by atoms with Crippen LogP contribution in [0.4, 0.5) is 17.1 Å². The van der Waals surface area contributed by atoms with Gasteiger partial charge in [-0.1, -0.05) is 123 Å². The summed E-state index contributed by atoms with van der Waals surface area (Å²) in [5, 5.41) is 4.81. The molecule has 0 N–H and O–H groups in total. The lowest BCUT2D eigenvalue weighted by Gasteiger charge is -2.27. The molecule has 0 saturated heterocycles. The van der Waals surface area contributed by atoms with Gasteiger partial charge in [0.25, 0.3) is 0 Å². The van der Waals surface area contributed by atoms with Crippen LogP contribution in [0.15, 0.2) is 174 Å². The van der Waals surface area contributed by atoms with Gasteiger partial charge in [0.05, 0.1) is 0 Å². The predicted octanol–water partition coefficient (Wildman–Crippen LogP) is 14.5. The van der Waals surface area contributed by atoms with Crippen LogP contribution in [0.2, 0.25) is 0 Å². The van der Waals surface area contributed by atoms with Crippen LogP contribution in [0.25, 0.3) is 75.8 Å². The predicted molar refractivity (Wildman–Crippen MR) is 228 cm³/mol. The van der Waals surface area contributed by atoms with E-state index < -0.39 is 0 Å². The van der Waals surface area contributed by atoms with E-state index in [1.54, 1.807) is 0 Å². The van der Waals surface area contributed by atoms with E-state index in [1.165, 1.54) is 42.4 Å². The minimum absolute atomic E-state index is 0.0498. The highest BCUT2D eigenvalue weighted by Crippen LogP contribution is 2.51. The Kier molecular flexibility index (Phi) is 6.77. The van der Waals surface area contributed by atoms with Crippen LogP contribution in [0.1, 0.15) is 25.0 Å². The number of hydrogen-bond donors (Lipinski definition) is 0. The maximum atomic E-state index is 6.41. The third-order valence-corrected chi connectivity index (χ3v) is 12.4. The molecule has 8 aromatic carbocycles. The van der Waals surface area contributed by atoms with Gasteiger partial charge in [0.2, 0.25) is 5.89 Å². The van der Waals surface area contributed by atoms with Gasteiger partial charge >= 0.3 is 0 Å². The van der Waals surface area contributed by atoms with Gasteiger partial charge < -0.3 is 9.32 Å². The zero-order valence-electron chi connectivity index (χ0n) is 29.9. The van der Waals surface area contributed by atoms with Crippen molar-refractivity contribution in [2.45, 2.75) is 19.3 Å². The molecule has 3 nitrogen and oxygen atoms in total. The zero-order valence-corrected chi connectivity index (χ0v) is 30.7. The average Bonchev–Trinajstić information content (AvgIpc) is 3.89. The fourth-order valence-electron chi connectivity index (χ4n) is 8.64. The van der Waals surface area contributed by atoms with Crippen molar-refractivity contribution in [1.29, 1.82) is 0 Å². The molecule has 0 aliphatic heterocycles. The SMILES string of the molecule is CC1(C)c2ccccc2-c2cc(N(c3ccc(-c4cccc5c4ccc4nc(-c6ccccc6)oc45)cc3)c3ccc4c(c3)sc3ccccc34)ccc21. The van der Waals surface area contributed by atoms with Crippen LogP contribution >= 0.6 is 11.3 Å². The molecule has 10 aromatic rings. The van der Waals surface area contributed by atoms with Gasteiger partial charge in [0, 0.05) is 53.6 Å². The van der Waals surface area contributed by atoms with Gasteiger partial charge in [-0.15, -0.1) is 11.3 Å². The Morgan fingerprint density at radius 3 is 2.04 bits per heavy atom. The standard InChI is InChI=1S/C50H34N2OS/c1-50(2)43-17-8-6-13-38(43)42-29-34(24-27-44(42)50)52(35-23-25-40-39-14-7-9-18-46(39)54-47(40)30-35)33-21-19-31(20-22-33)36-15-10-16-41-37(36)26-28-45-48(41)53-49(51-45)32-11-4-3-5-12-32/h3-30H,1-2H3. The van der Waals surface area contributed by atoms with Gasteiger partial charge in [-0.3, -0.25) is 0 Å². The molecular weight excluding hydrogens is 677 g/mol. The molecule has 0 bridgehead atoms. The summed E-state index contributed by atoms with van der Waals surface area (Å²) in [6.07, 6.45) is 0. The molecule has 256 valence electrons. The number of rotatable bonds is 5. The fraction of sp³-hybridized carbons (Fsp3) is 0.0600. The number of hydrogen-bond acceptors (Lipinski definition) is 4. The topological polar surface area (TPSA) is 29.3 Å². The lowest BCUT2D eigenvalue weighted by atomic mass is 9.82. The highest BCUT2D eigenvalue weighted by atomic mass is 32.1. The number of oxazole rings is 1. The molecule has 2 heterocycles. The first-order valence-corrected chi connectivity index (χ1v) is 19.3. The minimum atomic E-state index is -0.0498. The van der Waals surface area contributed by atoms with Crippen molar-refractivity contribution >= 4 is 70.4 Å². The van der Waals surface area contributed by atoms with Crippen molar-refractivity contribution in [2.75, 3.05) is 4.90 Å². The number of fused-ring (bicyclic) bond motifs is 9. The molecule has 0 unspecified atom stereocenters. The average molecular weight is 711 g/mol. The molecule has 0 spiro atoms. The van der Waals surface area contributed by atoms with Gasteiger partial charge in [-0.05, 0) is 99.4 Å². The molecule has 0 radical (unpaired) electrons. The van der Waals surface area contributed by atoms with Crippen LogP contribution in [-0.4, -0.2) is 4.98 Å². The Morgan fingerprint density at radius 1 is 0.481 bits per heavy atom. The minimum Gasteiger partial charge on any atom is -0.435 e. The van der Waals surface area contributed by atoms with E-state index in [0.29, 0.717) is 5.89 Å². The van der Waals surface area contributed by atoms with E-state index in [2.05, 4.69) is 158 Å². The maximum Gasteiger partial charge on any atom is 0.227 e. The molecule has 11 rings (SSSR count). The molecule has 54 heavy (non-hydrogen) atoms. The van der Waals surface area contributed by atoms with Crippen molar-refractivity contribution in [3.05, 3.63) is 181 Å². The Labute approximate surface area is 317 Å². The lowest BCUT2D eigenvalue weighted by Crippen LogP contribution is -2.15. The maximum absolute atomic E-state index is 6.41. The molecule has 0 fully saturated rings. The zero-order chi connectivity index (χ0) is 36.0. The second-order valence-electron chi connectivity index (χ2n) is 14.8. The fourth-order valence-corrected chi connectivity index (χ4v) is 9.78. The number of aromatic nitrogens is 1. The van der Waals surface area contributed by atoms with E-state index in [0.717, 1.165) is 55.6 Å². The third kappa shape index (κ3) is 4.70. The van der Waals surface area contributed by atoms with Crippen molar-refractivity contribution < 1.29 is 4.42 Å². The smallest absolute Gasteiger partial charge is 0.227 e. The first-order valence-electron chi connectivity index (χ1n) is 18.5. The number of thiophene rings is 1. The summed E-state index contributed by atoms with van der Waals surface area (Å²) in [5.41, 5.74) is 13.7. The van der Waals surface area contributed by atoms with E-state index in [1.807, 2.05) is 41.7 Å². The highest BCUT2D eigenvalue weighted by molar-refractivity contribution is 7.25. The highest BCUT2D eigenvalue weighted by Gasteiger charge is 2.35. The van der Waals surface area contributed by atoms with Crippen LogP contribution in [-0.2, 0) is 5.41 Å². The first kappa shape index (κ1) is 31.1. The summed E-state index contributed by atoms with van der Waals surface area (Å²) >= 11 is 1.86. The summed E-state index contributed by atoms with van der Waals surface area (Å²) in [5.74, 6) is 0.639. The van der Waals surface area contributed by atoms with Crippen molar-refractivity contribution in [3.63, 3.8) is 0 Å². The van der Waals surface area contributed by atoms with Crippen molar-refractivity contribution in [3.8, 4) is 33.7 Å². The second-order valence-corrected chi connectivity index (χ2v) is 15.8. The largest absolute Gasteiger partial charge is 0.435 e. The summed E-state index contributed by atoms with van der Waals surface area (Å²) in [4.78, 5) is 7.24. The molecule has 4 heteroatoms. The lowest BCUT2D eigenvalue weighted by molar-refractivity contribution is 0.623. The van der Waals surface area contributed by atoms with E-state index >= 15 is 0 Å². The summed E-state index contributed by atoms with van der Waals surface area (Å²) in [7, 11) is 0. The van der Waals surface area contributed by atoms with Crippen molar-refractivity contribution in [2.24, 2.45) is 0 Å². The van der Waals surface area contributed by atoms with Crippen LogP contribution in [0, 0.1) is 0 Å². The summed E-state index contributed by atoms with van der Waals surface area (Å²) in [6.45, 7) is 4.68. The molecular formula is C50H34N2OS. The Hall–Kier alpha value is -6.49. The van der Waals surface area contributed by atoms with Crippen LogP contribution < -0.4 is 4.90 Å². The van der Waals surface area contributed by atoms with E-state index in [-0.39, 0.29) is 5.41 Å². The Balaban J connectivity index is 1.04. The quantitative estimate of drug-likeness (QED) is 0.178. The number of benzene rings is 8. The molecule has 0 atom stereocenters. The molecule has 1 aliphatic carbocycles. The van der Waals surface area contributed by atoms with Gasteiger partial charge in [-0.2, -0.15) is 0 Å². The second kappa shape index (κ2) is 11.8. The van der Waals surface area contributed by atoms with Crippen LogP contribution in [0.5, 0.6) is 0 Å². The molecule has 2 aromatic heterocycles. The summed E-state index contributed by atoms with van der Waals surface area (Å²) < 4.78 is 9.00. The van der Waals surface area contributed by atoms with E-state index in [4.69, 9.17) is 9.40 Å². The van der Waals surface area contributed by atoms with Crippen molar-refractivity contribution in [1.82, 2.24) is 4.98 Å². The van der Waals surface area contributed by atoms with Gasteiger partial charge in [0.1, 0.15) is 5.52 Å². The van der Waals surface area contributed by atoms with Gasteiger partial charge in [0.15, 0.2) is 5.58 Å². The number of nitrogens with zero attached hydrogens (tertiary/aromatic N) is 2. The normalized spacial score (nSPS) is 13.1. The van der Waals surface area contributed by atoms with Crippen LogP contribution in [0.3, 0.4) is 0 Å². The first-order chi connectivity index (χ1) is 26.5. The Morgan fingerprint density at radius 2 is 1.15 bits per heavy atom. The number of anilines is 3. The molecule has 1 aliphatic rings. The van der Waals surface area contributed by atoms with Gasteiger partial charge in [-0.25, -0.2) is 4.98 Å².